The molecule has 3 nitrogen and oxygen atoms in total. The predicted molar refractivity (Wildman–Crippen MR) is 73.4 cm³/mol. The lowest BCUT2D eigenvalue weighted by atomic mass is 10.0. The van der Waals surface area contributed by atoms with Gasteiger partial charge in [-0.2, -0.15) is 0 Å². The molecule has 2 N–H and O–H groups in total. The average molecular weight is 246 g/mol. The van der Waals surface area contributed by atoms with Crippen LogP contribution in [0.3, 0.4) is 0 Å². The summed E-state index contributed by atoms with van der Waals surface area (Å²) in [4.78, 5) is 12.1. The average Bonchev–Trinajstić information content (AvgIpc) is 2.74. The molecule has 18 heavy (non-hydrogen) atoms. The number of benzene rings is 1. The molecule has 0 fully saturated rings. The lowest BCUT2D eigenvalue weighted by molar-refractivity contribution is 0.0936. The smallest absolute Gasteiger partial charge is 0.251 e. The number of hydrogen-bond donors (Lipinski definition) is 2. The van der Waals surface area contributed by atoms with Gasteiger partial charge in [0, 0.05) is 24.7 Å². The molecule has 0 bridgehead atoms. The number of carbonyl (C=O) groups is 1. The largest absolute Gasteiger partial charge is 0.350 e. The number of nitrogens with one attached hydrogen (secondary N) is 2. The third kappa shape index (κ3) is 3.10. The van der Waals surface area contributed by atoms with Gasteiger partial charge in [-0.1, -0.05) is 19.9 Å². The molecule has 98 valence electrons. The molecule has 1 unspecified atom stereocenters. The van der Waals surface area contributed by atoms with Gasteiger partial charge in [0.25, 0.3) is 5.91 Å². The van der Waals surface area contributed by atoms with Crippen molar-refractivity contribution in [3.8, 4) is 0 Å². The first-order chi connectivity index (χ1) is 8.56. The highest BCUT2D eigenvalue weighted by Gasteiger charge is 2.15. The molecule has 0 aliphatic carbocycles. The molecule has 0 saturated carbocycles. The Labute approximate surface area is 109 Å². The molecule has 2 rings (SSSR count). The summed E-state index contributed by atoms with van der Waals surface area (Å²) in [5.74, 6) is 0.641. The first-order valence-electron chi connectivity index (χ1n) is 6.69. The fourth-order valence-electron chi connectivity index (χ4n) is 2.51. The van der Waals surface area contributed by atoms with Gasteiger partial charge in [0.1, 0.15) is 0 Å². The zero-order valence-electron chi connectivity index (χ0n) is 11.4. The van der Waals surface area contributed by atoms with Gasteiger partial charge in [-0.25, -0.2) is 0 Å². The van der Waals surface area contributed by atoms with Crippen LogP contribution in [0.15, 0.2) is 18.2 Å². The molecule has 1 amide bonds. The quantitative estimate of drug-likeness (QED) is 0.857. The van der Waals surface area contributed by atoms with E-state index in [1.807, 2.05) is 12.1 Å². The lowest BCUT2D eigenvalue weighted by Gasteiger charge is -2.16. The Morgan fingerprint density at radius 1 is 1.28 bits per heavy atom. The molecular weight excluding hydrogens is 224 g/mol. The Hall–Kier alpha value is -1.35. The van der Waals surface area contributed by atoms with Crippen LogP contribution < -0.4 is 10.6 Å². The fraction of sp³-hybridized carbons (Fsp3) is 0.533. The highest BCUT2D eigenvalue weighted by atomic mass is 16.1. The van der Waals surface area contributed by atoms with Crippen LogP contribution in [0.1, 0.15) is 48.7 Å². The maximum Gasteiger partial charge on any atom is 0.251 e. The van der Waals surface area contributed by atoms with Crippen LogP contribution in [-0.4, -0.2) is 11.9 Å². The van der Waals surface area contributed by atoms with Gasteiger partial charge in [0.2, 0.25) is 0 Å². The molecule has 0 saturated heterocycles. The van der Waals surface area contributed by atoms with Crippen LogP contribution >= 0.6 is 0 Å². The van der Waals surface area contributed by atoms with E-state index >= 15 is 0 Å². The third-order valence-corrected chi connectivity index (χ3v) is 3.30. The Balaban J connectivity index is 2.01. The lowest BCUT2D eigenvalue weighted by Crippen LogP contribution is -2.33. The minimum atomic E-state index is 0.0397. The summed E-state index contributed by atoms with van der Waals surface area (Å²) in [6, 6.07) is 6.21. The normalized spacial score (nSPS) is 15.6. The maximum atomic E-state index is 12.1. The van der Waals surface area contributed by atoms with Crippen molar-refractivity contribution in [2.75, 3.05) is 0 Å². The van der Waals surface area contributed by atoms with Crippen molar-refractivity contribution in [3.63, 3.8) is 0 Å². The number of carbonyl (C=O) groups excluding carboxylic acids is 1. The standard InChI is InChI=1S/C15H22N2O/c1-10(2)6-11(3)17-15(18)12-4-5-13-8-16-9-14(13)7-12/h4-5,7,10-11,16H,6,8-9H2,1-3H3,(H,17,18). The van der Waals surface area contributed by atoms with Gasteiger partial charge >= 0.3 is 0 Å². The van der Waals surface area contributed by atoms with E-state index in [-0.39, 0.29) is 11.9 Å². The molecule has 3 heteroatoms. The number of rotatable bonds is 4. The molecule has 1 aliphatic rings. The molecule has 1 heterocycles. The molecular formula is C15H22N2O. The van der Waals surface area contributed by atoms with Crippen molar-refractivity contribution in [1.29, 1.82) is 0 Å². The molecule has 1 atom stereocenters. The first-order valence-corrected chi connectivity index (χ1v) is 6.69. The summed E-state index contributed by atoms with van der Waals surface area (Å²) >= 11 is 0. The topological polar surface area (TPSA) is 41.1 Å². The van der Waals surface area contributed by atoms with Gasteiger partial charge in [-0.05, 0) is 42.5 Å². The van der Waals surface area contributed by atoms with Crippen molar-refractivity contribution < 1.29 is 4.79 Å². The molecule has 0 spiro atoms. The molecule has 0 radical (unpaired) electrons. The Kier molecular flexibility index (Phi) is 4.02. The van der Waals surface area contributed by atoms with Crippen LogP contribution in [0.25, 0.3) is 0 Å². The van der Waals surface area contributed by atoms with Crippen LogP contribution in [0, 0.1) is 5.92 Å². The van der Waals surface area contributed by atoms with Crippen molar-refractivity contribution in [2.45, 2.75) is 46.3 Å². The van der Waals surface area contributed by atoms with Gasteiger partial charge in [-0.15, -0.1) is 0 Å². The van der Waals surface area contributed by atoms with Gasteiger partial charge in [-0.3, -0.25) is 4.79 Å². The van der Waals surface area contributed by atoms with Crippen molar-refractivity contribution in [2.24, 2.45) is 5.92 Å². The summed E-state index contributed by atoms with van der Waals surface area (Å²) in [6.45, 7) is 8.19. The second-order valence-corrected chi connectivity index (χ2v) is 5.59. The Morgan fingerprint density at radius 2 is 2.00 bits per heavy atom. The van der Waals surface area contributed by atoms with Crippen LogP contribution in [0.2, 0.25) is 0 Å². The first kappa shape index (κ1) is 13.1. The summed E-state index contributed by atoms with van der Waals surface area (Å²) in [6.07, 6.45) is 1.01. The summed E-state index contributed by atoms with van der Waals surface area (Å²) in [7, 11) is 0. The zero-order valence-corrected chi connectivity index (χ0v) is 11.4. The SMILES string of the molecule is CC(C)CC(C)NC(=O)c1ccc2c(c1)CNC2. The summed E-state index contributed by atoms with van der Waals surface area (Å²) < 4.78 is 0. The van der Waals surface area contributed by atoms with Gasteiger partial charge < -0.3 is 10.6 Å². The second kappa shape index (κ2) is 5.53. The fourth-order valence-corrected chi connectivity index (χ4v) is 2.51. The number of hydrogen-bond acceptors (Lipinski definition) is 2. The zero-order chi connectivity index (χ0) is 13.1. The van der Waals surface area contributed by atoms with Crippen molar-refractivity contribution in [1.82, 2.24) is 10.6 Å². The monoisotopic (exact) mass is 246 g/mol. The van der Waals surface area contributed by atoms with Crippen LogP contribution in [0.4, 0.5) is 0 Å². The maximum absolute atomic E-state index is 12.1. The minimum Gasteiger partial charge on any atom is -0.350 e. The molecule has 1 aromatic rings. The molecule has 0 aromatic heterocycles. The van der Waals surface area contributed by atoms with E-state index in [2.05, 4.69) is 37.5 Å². The highest BCUT2D eigenvalue weighted by Crippen LogP contribution is 2.17. The van der Waals surface area contributed by atoms with E-state index in [1.165, 1.54) is 11.1 Å². The Bertz CT molecular complexity index is 440. The molecule has 1 aliphatic heterocycles. The third-order valence-electron chi connectivity index (χ3n) is 3.30. The number of amides is 1. The van der Waals surface area contributed by atoms with Crippen molar-refractivity contribution in [3.05, 3.63) is 34.9 Å². The highest BCUT2D eigenvalue weighted by molar-refractivity contribution is 5.94. The van der Waals surface area contributed by atoms with E-state index in [4.69, 9.17) is 0 Å². The van der Waals surface area contributed by atoms with Crippen LogP contribution in [-0.2, 0) is 13.1 Å². The van der Waals surface area contributed by atoms with E-state index in [1.54, 1.807) is 0 Å². The summed E-state index contributed by atoms with van der Waals surface area (Å²) in [5, 5.41) is 6.35. The van der Waals surface area contributed by atoms with E-state index in [0.29, 0.717) is 5.92 Å². The van der Waals surface area contributed by atoms with E-state index in [0.717, 1.165) is 25.1 Å². The Morgan fingerprint density at radius 3 is 2.72 bits per heavy atom. The van der Waals surface area contributed by atoms with E-state index in [9.17, 15) is 4.79 Å². The molecule has 1 aromatic carbocycles. The predicted octanol–water partition coefficient (Wildman–Crippen LogP) is 2.45. The van der Waals surface area contributed by atoms with Gasteiger partial charge in [0.05, 0.1) is 0 Å². The number of fused-ring (bicyclic) bond motifs is 1. The van der Waals surface area contributed by atoms with Crippen molar-refractivity contribution >= 4 is 5.91 Å². The van der Waals surface area contributed by atoms with E-state index < -0.39 is 0 Å². The second-order valence-electron chi connectivity index (χ2n) is 5.59. The summed E-state index contributed by atoms with van der Waals surface area (Å²) in [5.41, 5.74) is 3.33. The minimum absolute atomic E-state index is 0.0397. The van der Waals surface area contributed by atoms with Gasteiger partial charge in [0.15, 0.2) is 0 Å². The van der Waals surface area contributed by atoms with Crippen LogP contribution in [0.5, 0.6) is 0 Å².